The highest BCUT2D eigenvalue weighted by atomic mass is 32.2. The second kappa shape index (κ2) is 5.14. The van der Waals surface area contributed by atoms with Gasteiger partial charge in [0.2, 0.25) is 0 Å². The zero-order valence-corrected chi connectivity index (χ0v) is 9.94. The van der Waals surface area contributed by atoms with E-state index >= 15 is 0 Å². The van der Waals surface area contributed by atoms with E-state index in [0.717, 1.165) is 12.2 Å². The first-order valence-electron chi connectivity index (χ1n) is 4.64. The summed E-state index contributed by atoms with van der Waals surface area (Å²) in [6.45, 7) is 5.44. The minimum absolute atomic E-state index is 0.658. The molecule has 1 rings (SSSR count). The number of thioether (sulfide) groups is 1. The predicted molar refractivity (Wildman–Crippen MR) is 63.8 cm³/mol. The Kier molecular flexibility index (Phi) is 4.41. The smallest absolute Gasteiger partial charge is 0.138 e. The molecule has 1 heterocycles. The van der Waals surface area contributed by atoms with Gasteiger partial charge in [-0.1, -0.05) is 18.2 Å². The largest absolute Gasteiger partial charge is 0.386 e. The summed E-state index contributed by atoms with van der Waals surface area (Å²) in [5, 5.41) is 9.85. The van der Waals surface area contributed by atoms with E-state index < -0.39 is 21.0 Å². The van der Waals surface area contributed by atoms with Crippen molar-refractivity contribution in [3.63, 3.8) is 0 Å². The third kappa shape index (κ3) is 2.12. The molecular formula is C10H16O2S2. The number of hydrogen-bond donors (Lipinski definition) is 1. The first-order valence-corrected chi connectivity index (χ1v) is 6.94. The molecule has 1 fully saturated rings. The number of aliphatic hydroxyl groups is 1. The molecular weight excluding hydrogens is 216 g/mol. The van der Waals surface area contributed by atoms with E-state index in [1.165, 1.54) is 6.08 Å². The van der Waals surface area contributed by atoms with Crippen molar-refractivity contribution in [2.24, 2.45) is 0 Å². The lowest BCUT2D eigenvalue weighted by Gasteiger charge is -2.35. The van der Waals surface area contributed by atoms with Crippen molar-refractivity contribution in [2.75, 3.05) is 11.5 Å². The van der Waals surface area contributed by atoms with E-state index in [9.17, 15) is 9.32 Å². The van der Waals surface area contributed by atoms with Gasteiger partial charge in [0.25, 0.3) is 0 Å². The topological polar surface area (TPSA) is 37.3 Å². The summed E-state index contributed by atoms with van der Waals surface area (Å²) in [6, 6.07) is 0. The standard InChI is InChI=1S/C10H16O2S2/c1-3-6-10(9(11)4-2)13-7-5-8-14(10)12/h3-4,6,9,11H,2,5,7-8H2,1H3/b6-3+/t9-,10+,14?/m0/s1. The monoisotopic (exact) mass is 232 g/mol. The maximum absolute atomic E-state index is 11.9. The molecule has 0 radical (unpaired) electrons. The molecule has 1 saturated heterocycles. The third-order valence-corrected chi connectivity index (χ3v) is 6.17. The van der Waals surface area contributed by atoms with Crippen LogP contribution >= 0.6 is 11.8 Å². The Bertz CT molecular complexity index is 263. The van der Waals surface area contributed by atoms with Gasteiger partial charge in [0.05, 0.1) is 0 Å². The number of allylic oxidation sites excluding steroid dienone is 1. The Morgan fingerprint density at radius 1 is 1.71 bits per heavy atom. The summed E-state index contributed by atoms with van der Waals surface area (Å²) in [5.74, 6) is 1.61. The first-order chi connectivity index (χ1) is 6.67. The van der Waals surface area contributed by atoms with E-state index in [-0.39, 0.29) is 0 Å². The second-order valence-electron chi connectivity index (χ2n) is 3.15. The fraction of sp³-hybridized carbons (Fsp3) is 0.600. The lowest BCUT2D eigenvalue weighted by molar-refractivity contribution is 0.221. The molecule has 0 aromatic heterocycles. The molecule has 80 valence electrons. The summed E-state index contributed by atoms with van der Waals surface area (Å²) >= 11 is 1.57. The van der Waals surface area contributed by atoms with Crippen molar-refractivity contribution < 1.29 is 9.32 Å². The summed E-state index contributed by atoms with van der Waals surface area (Å²) in [5.41, 5.74) is 0. The summed E-state index contributed by atoms with van der Waals surface area (Å²) in [7, 11) is -1.01. The van der Waals surface area contributed by atoms with Crippen molar-refractivity contribution in [1.29, 1.82) is 0 Å². The molecule has 14 heavy (non-hydrogen) atoms. The minimum Gasteiger partial charge on any atom is -0.386 e. The van der Waals surface area contributed by atoms with Crippen LogP contribution in [0.5, 0.6) is 0 Å². The van der Waals surface area contributed by atoms with Crippen molar-refractivity contribution >= 4 is 22.6 Å². The lowest BCUT2D eigenvalue weighted by atomic mass is 10.2. The van der Waals surface area contributed by atoms with Gasteiger partial charge in [-0.2, -0.15) is 0 Å². The molecule has 0 amide bonds. The van der Waals surface area contributed by atoms with Crippen LogP contribution in [0, 0.1) is 0 Å². The van der Waals surface area contributed by atoms with Gasteiger partial charge in [-0.3, -0.25) is 4.21 Å². The van der Waals surface area contributed by atoms with Crippen LogP contribution < -0.4 is 0 Å². The molecule has 0 aromatic carbocycles. The average molecular weight is 232 g/mol. The molecule has 1 unspecified atom stereocenters. The number of aliphatic hydroxyl groups excluding tert-OH is 1. The Hall–Kier alpha value is -0.0600. The maximum Gasteiger partial charge on any atom is 0.138 e. The van der Waals surface area contributed by atoms with Gasteiger partial charge >= 0.3 is 0 Å². The summed E-state index contributed by atoms with van der Waals surface area (Å²) in [6.07, 6.45) is 5.39. The summed E-state index contributed by atoms with van der Waals surface area (Å²) < 4.78 is 11.3. The summed E-state index contributed by atoms with van der Waals surface area (Å²) in [4.78, 5) is 0. The van der Waals surface area contributed by atoms with E-state index in [2.05, 4.69) is 6.58 Å². The van der Waals surface area contributed by atoms with Crippen LogP contribution in [-0.2, 0) is 10.8 Å². The Morgan fingerprint density at radius 2 is 2.43 bits per heavy atom. The Labute approximate surface area is 91.9 Å². The zero-order chi connectivity index (χ0) is 10.6. The molecule has 3 atom stereocenters. The van der Waals surface area contributed by atoms with Gasteiger partial charge in [0.15, 0.2) is 0 Å². The van der Waals surface area contributed by atoms with E-state index in [1.807, 2.05) is 19.1 Å². The van der Waals surface area contributed by atoms with Crippen molar-refractivity contribution in [2.45, 2.75) is 23.5 Å². The van der Waals surface area contributed by atoms with Crippen LogP contribution in [0.2, 0.25) is 0 Å². The normalized spacial score (nSPS) is 35.7. The average Bonchev–Trinajstić information content (AvgIpc) is 2.20. The highest BCUT2D eigenvalue weighted by Gasteiger charge is 2.42. The predicted octanol–water partition coefficient (Wildman–Crippen LogP) is 1.69. The van der Waals surface area contributed by atoms with Crippen LogP contribution in [0.3, 0.4) is 0 Å². The quantitative estimate of drug-likeness (QED) is 0.752. The van der Waals surface area contributed by atoms with Crippen LogP contribution in [0.4, 0.5) is 0 Å². The van der Waals surface area contributed by atoms with Gasteiger partial charge in [0, 0.05) is 16.6 Å². The zero-order valence-electron chi connectivity index (χ0n) is 8.31. The van der Waals surface area contributed by atoms with Gasteiger partial charge < -0.3 is 5.11 Å². The highest BCUT2D eigenvalue weighted by Crippen LogP contribution is 2.39. The van der Waals surface area contributed by atoms with Crippen LogP contribution in [0.25, 0.3) is 0 Å². The SMILES string of the molecule is C=C[C@H](O)[C@]1(/C=C/C)SCCCS1=O. The fourth-order valence-corrected chi connectivity index (χ4v) is 5.18. The highest BCUT2D eigenvalue weighted by molar-refractivity contribution is 8.13. The molecule has 1 aliphatic heterocycles. The van der Waals surface area contributed by atoms with Crippen molar-refractivity contribution in [1.82, 2.24) is 0 Å². The van der Waals surface area contributed by atoms with Crippen LogP contribution in [0.15, 0.2) is 24.8 Å². The van der Waals surface area contributed by atoms with Gasteiger partial charge in [-0.15, -0.1) is 18.3 Å². The number of rotatable bonds is 3. The molecule has 0 bridgehead atoms. The van der Waals surface area contributed by atoms with Crippen LogP contribution in [-0.4, -0.2) is 31.0 Å². The minimum atomic E-state index is -1.01. The fourth-order valence-electron chi connectivity index (χ4n) is 1.49. The molecule has 1 N–H and O–H groups in total. The molecule has 0 spiro atoms. The first kappa shape index (κ1) is 12.0. The maximum atomic E-state index is 11.9. The molecule has 0 aliphatic carbocycles. The van der Waals surface area contributed by atoms with Crippen molar-refractivity contribution in [3.8, 4) is 0 Å². The van der Waals surface area contributed by atoms with E-state index in [0.29, 0.717) is 5.75 Å². The lowest BCUT2D eigenvalue weighted by Crippen LogP contribution is -2.44. The Morgan fingerprint density at radius 3 is 2.93 bits per heavy atom. The molecule has 0 saturated carbocycles. The van der Waals surface area contributed by atoms with Gasteiger partial charge in [-0.25, -0.2) is 0 Å². The molecule has 0 aromatic rings. The molecule has 2 nitrogen and oxygen atoms in total. The van der Waals surface area contributed by atoms with Crippen LogP contribution in [0.1, 0.15) is 13.3 Å². The third-order valence-electron chi connectivity index (χ3n) is 2.19. The number of hydrogen-bond acceptors (Lipinski definition) is 3. The van der Waals surface area contributed by atoms with Crippen molar-refractivity contribution in [3.05, 3.63) is 24.8 Å². The molecule has 4 heteroatoms. The van der Waals surface area contributed by atoms with E-state index in [1.54, 1.807) is 11.8 Å². The van der Waals surface area contributed by atoms with E-state index in [4.69, 9.17) is 0 Å². The Balaban J connectivity index is 3.00. The molecule has 1 aliphatic rings. The van der Waals surface area contributed by atoms with Gasteiger partial charge in [0.1, 0.15) is 10.2 Å². The second-order valence-corrected chi connectivity index (χ2v) is 6.56. The van der Waals surface area contributed by atoms with Gasteiger partial charge in [-0.05, 0) is 19.1 Å².